The second kappa shape index (κ2) is 7.89. The van der Waals surface area contributed by atoms with E-state index in [-0.39, 0.29) is 18.5 Å². The van der Waals surface area contributed by atoms with Crippen LogP contribution in [-0.4, -0.2) is 35.3 Å². The van der Waals surface area contributed by atoms with Crippen LogP contribution in [0.5, 0.6) is 0 Å². The number of carbonyl (C=O) groups is 3. The normalized spacial score (nSPS) is 30.3. The number of rotatable bonds is 5. The van der Waals surface area contributed by atoms with Gasteiger partial charge in [0, 0.05) is 6.04 Å². The monoisotopic (exact) mass is 389 g/mol. The molecule has 2 aliphatic rings. The molecular weight excluding hydrogens is 361 g/mol. The zero-order chi connectivity index (χ0) is 20.5. The molecule has 1 saturated heterocycles. The first kappa shape index (κ1) is 20.3. The summed E-state index contributed by atoms with van der Waals surface area (Å²) in [5, 5.41) is 5.71. The van der Waals surface area contributed by atoms with Crippen molar-refractivity contribution in [3.8, 4) is 0 Å². The molecule has 0 unspecified atom stereocenters. The molecule has 3 rings (SSSR count). The standard InChI is InChI=1S/C21H28FN3O3/c1-4-21(15-8-10-16(22)11-9-15)19(27)25(20(28)24-21)12-18(26)23-17-7-5-6-13(2)14(17)3/h8-11,13-14,17H,4-7,12H2,1-3H3,(H,23,26)(H,24,28)/t13-,14+,17+,21+/m0/s1. The van der Waals surface area contributed by atoms with E-state index >= 15 is 0 Å². The summed E-state index contributed by atoms with van der Waals surface area (Å²) < 4.78 is 13.3. The highest BCUT2D eigenvalue weighted by Crippen LogP contribution is 2.33. The summed E-state index contributed by atoms with van der Waals surface area (Å²) in [7, 11) is 0. The van der Waals surface area contributed by atoms with Crippen LogP contribution >= 0.6 is 0 Å². The summed E-state index contributed by atoms with van der Waals surface area (Å²) in [6, 6.07) is 4.96. The first-order chi connectivity index (χ1) is 13.3. The average Bonchev–Trinajstić information content (AvgIpc) is 2.91. The number of halogens is 1. The minimum Gasteiger partial charge on any atom is -0.352 e. The molecule has 0 aromatic heterocycles. The maximum atomic E-state index is 13.3. The Hall–Kier alpha value is -2.44. The second-order valence-electron chi connectivity index (χ2n) is 8.03. The number of urea groups is 1. The van der Waals surface area contributed by atoms with Gasteiger partial charge in [0.05, 0.1) is 0 Å². The fourth-order valence-corrected chi connectivity index (χ4v) is 4.33. The van der Waals surface area contributed by atoms with Gasteiger partial charge in [0.2, 0.25) is 5.91 Å². The van der Waals surface area contributed by atoms with Crippen LogP contribution in [0, 0.1) is 17.7 Å². The molecule has 1 aromatic rings. The predicted octanol–water partition coefficient (Wildman–Crippen LogP) is 2.92. The van der Waals surface area contributed by atoms with Crippen LogP contribution in [-0.2, 0) is 15.1 Å². The van der Waals surface area contributed by atoms with E-state index < -0.39 is 23.3 Å². The quantitative estimate of drug-likeness (QED) is 0.760. The van der Waals surface area contributed by atoms with Crippen LogP contribution in [0.15, 0.2) is 24.3 Å². The Kier molecular flexibility index (Phi) is 5.72. The minimum absolute atomic E-state index is 0.0602. The molecule has 1 aliphatic carbocycles. The van der Waals surface area contributed by atoms with Gasteiger partial charge in [0.25, 0.3) is 5.91 Å². The van der Waals surface area contributed by atoms with Crippen molar-refractivity contribution in [3.63, 3.8) is 0 Å². The van der Waals surface area contributed by atoms with Crippen LogP contribution in [0.1, 0.15) is 52.0 Å². The first-order valence-corrected chi connectivity index (χ1v) is 9.98. The molecule has 6 nitrogen and oxygen atoms in total. The molecule has 4 atom stereocenters. The van der Waals surface area contributed by atoms with Crippen molar-refractivity contribution >= 4 is 17.8 Å². The molecule has 28 heavy (non-hydrogen) atoms. The lowest BCUT2D eigenvalue weighted by Crippen LogP contribution is -2.49. The van der Waals surface area contributed by atoms with Gasteiger partial charge in [-0.3, -0.25) is 14.5 Å². The summed E-state index contributed by atoms with van der Waals surface area (Å²) in [4.78, 5) is 39.1. The fraction of sp³-hybridized carbons (Fsp3) is 0.571. The molecule has 4 amide bonds. The number of carbonyl (C=O) groups excluding carboxylic acids is 3. The number of nitrogens with zero attached hydrogens (tertiary/aromatic N) is 1. The van der Waals surface area contributed by atoms with Crippen molar-refractivity contribution in [3.05, 3.63) is 35.6 Å². The first-order valence-electron chi connectivity index (χ1n) is 9.98. The van der Waals surface area contributed by atoms with Gasteiger partial charge < -0.3 is 10.6 Å². The molecule has 152 valence electrons. The van der Waals surface area contributed by atoms with Crippen molar-refractivity contribution in [1.29, 1.82) is 0 Å². The van der Waals surface area contributed by atoms with Crippen molar-refractivity contribution in [2.24, 2.45) is 11.8 Å². The summed E-state index contributed by atoms with van der Waals surface area (Å²) >= 11 is 0. The topological polar surface area (TPSA) is 78.5 Å². The number of hydrogen-bond donors (Lipinski definition) is 2. The average molecular weight is 389 g/mol. The molecule has 1 heterocycles. The third-order valence-corrected chi connectivity index (χ3v) is 6.40. The Morgan fingerprint density at radius 3 is 2.57 bits per heavy atom. The Bertz CT molecular complexity index is 767. The minimum atomic E-state index is -1.27. The highest BCUT2D eigenvalue weighted by atomic mass is 19.1. The van der Waals surface area contributed by atoms with Crippen molar-refractivity contribution in [1.82, 2.24) is 15.5 Å². The van der Waals surface area contributed by atoms with Crippen LogP contribution in [0.25, 0.3) is 0 Å². The predicted molar refractivity (Wildman–Crippen MR) is 103 cm³/mol. The lowest BCUT2D eigenvalue weighted by atomic mass is 9.78. The fourth-order valence-electron chi connectivity index (χ4n) is 4.33. The highest BCUT2D eigenvalue weighted by molar-refractivity contribution is 6.09. The van der Waals surface area contributed by atoms with E-state index in [1.165, 1.54) is 24.3 Å². The largest absolute Gasteiger partial charge is 0.352 e. The van der Waals surface area contributed by atoms with E-state index in [2.05, 4.69) is 24.5 Å². The molecule has 7 heteroatoms. The third-order valence-electron chi connectivity index (χ3n) is 6.40. The number of benzene rings is 1. The molecule has 1 saturated carbocycles. The number of imide groups is 1. The molecule has 2 fully saturated rings. The van der Waals surface area contributed by atoms with Gasteiger partial charge in [-0.05, 0) is 42.4 Å². The van der Waals surface area contributed by atoms with Gasteiger partial charge in [-0.2, -0.15) is 0 Å². The van der Waals surface area contributed by atoms with Gasteiger partial charge in [-0.1, -0.05) is 45.7 Å². The number of nitrogens with one attached hydrogen (secondary N) is 2. The zero-order valence-electron chi connectivity index (χ0n) is 16.6. The Morgan fingerprint density at radius 2 is 1.93 bits per heavy atom. The molecule has 0 bridgehead atoms. The van der Waals surface area contributed by atoms with Gasteiger partial charge in [0.15, 0.2) is 0 Å². The van der Waals surface area contributed by atoms with Crippen molar-refractivity contribution < 1.29 is 18.8 Å². The molecule has 1 aromatic carbocycles. The molecule has 2 N–H and O–H groups in total. The highest BCUT2D eigenvalue weighted by Gasteiger charge is 2.51. The van der Waals surface area contributed by atoms with Crippen LogP contribution in [0.4, 0.5) is 9.18 Å². The Balaban J connectivity index is 1.72. The SMILES string of the molecule is CC[C@]1(c2ccc(F)cc2)NC(=O)N(CC(=O)N[C@@H]2CCC[C@H](C)[C@H]2C)C1=O. The smallest absolute Gasteiger partial charge is 0.325 e. The molecule has 0 spiro atoms. The zero-order valence-corrected chi connectivity index (χ0v) is 16.6. The number of hydrogen-bond acceptors (Lipinski definition) is 3. The summed E-state index contributed by atoms with van der Waals surface area (Å²) in [5.41, 5.74) is -0.759. The summed E-state index contributed by atoms with van der Waals surface area (Å²) in [6.45, 7) is 5.76. The lowest BCUT2D eigenvalue weighted by molar-refractivity contribution is -0.135. The van der Waals surface area contributed by atoms with E-state index in [1.54, 1.807) is 6.92 Å². The lowest BCUT2D eigenvalue weighted by Gasteiger charge is -2.34. The van der Waals surface area contributed by atoms with Gasteiger partial charge >= 0.3 is 6.03 Å². The van der Waals surface area contributed by atoms with Gasteiger partial charge in [-0.25, -0.2) is 9.18 Å². The van der Waals surface area contributed by atoms with E-state index in [4.69, 9.17) is 0 Å². The maximum absolute atomic E-state index is 13.3. The molecular formula is C21H28FN3O3. The van der Waals surface area contributed by atoms with E-state index in [0.29, 0.717) is 23.8 Å². The van der Waals surface area contributed by atoms with Crippen LogP contribution in [0.2, 0.25) is 0 Å². The third kappa shape index (κ3) is 3.62. The van der Waals surface area contributed by atoms with E-state index in [1.807, 2.05) is 0 Å². The Labute approximate surface area is 164 Å². The van der Waals surface area contributed by atoms with Crippen molar-refractivity contribution in [2.45, 2.75) is 58.0 Å². The number of amides is 4. The molecule has 1 aliphatic heterocycles. The summed E-state index contributed by atoms with van der Waals surface area (Å²) in [5.74, 6) is -0.345. The Morgan fingerprint density at radius 1 is 1.25 bits per heavy atom. The van der Waals surface area contributed by atoms with Crippen molar-refractivity contribution in [2.75, 3.05) is 6.54 Å². The van der Waals surface area contributed by atoms with E-state index in [9.17, 15) is 18.8 Å². The van der Waals surface area contributed by atoms with Crippen LogP contribution < -0.4 is 10.6 Å². The second-order valence-corrected chi connectivity index (χ2v) is 8.03. The maximum Gasteiger partial charge on any atom is 0.325 e. The van der Waals surface area contributed by atoms with Gasteiger partial charge in [0.1, 0.15) is 17.9 Å². The van der Waals surface area contributed by atoms with Crippen LogP contribution in [0.3, 0.4) is 0 Å². The molecule has 0 radical (unpaired) electrons. The van der Waals surface area contributed by atoms with Gasteiger partial charge in [-0.15, -0.1) is 0 Å². The summed E-state index contributed by atoms with van der Waals surface area (Å²) in [6.07, 6.45) is 3.42. The van der Waals surface area contributed by atoms with E-state index in [0.717, 1.165) is 24.2 Å².